The van der Waals surface area contributed by atoms with Crippen molar-refractivity contribution in [3.8, 4) is 22.3 Å². The van der Waals surface area contributed by atoms with Crippen LogP contribution in [-0.2, 0) is 0 Å². The van der Waals surface area contributed by atoms with Gasteiger partial charge in [0.25, 0.3) is 0 Å². The third kappa shape index (κ3) is 2.88. The Morgan fingerprint density at radius 2 is 1.27 bits per heavy atom. The number of fused-ring (bicyclic) bond motifs is 6. The van der Waals surface area contributed by atoms with Crippen molar-refractivity contribution in [1.82, 2.24) is 4.98 Å². The predicted octanol–water partition coefficient (Wildman–Crippen LogP) is 9.09. The highest BCUT2D eigenvalue weighted by Crippen LogP contribution is 2.41. The van der Waals surface area contributed by atoms with Gasteiger partial charge < -0.3 is 0 Å². The number of pyridine rings is 1. The molecule has 0 N–H and O–H groups in total. The van der Waals surface area contributed by atoms with Crippen molar-refractivity contribution in [3.63, 3.8) is 0 Å². The Balaban J connectivity index is 1.45. The molecule has 0 amide bonds. The Bertz CT molecular complexity index is 1830. The summed E-state index contributed by atoms with van der Waals surface area (Å²) >= 11 is 1.88. The maximum atomic E-state index is 4.67. The molecule has 7 rings (SSSR count). The topological polar surface area (TPSA) is 12.9 Å². The number of aromatic nitrogens is 1. The molecule has 0 aliphatic rings. The fourth-order valence-corrected chi connectivity index (χ4v) is 6.22. The quantitative estimate of drug-likeness (QED) is 0.246. The van der Waals surface area contributed by atoms with Crippen molar-refractivity contribution < 1.29 is 0 Å². The fourth-order valence-electron chi connectivity index (χ4n) is 4.98. The van der Waals surface area contributed by atoms with Gasteiger partial charge in [0.2, 0.25) is 0 Å². The largest absolute Gasteiger partial charge is 0.256 e. The molecule has 2 heteroatoms. The minimum absolute atomic E-state index is 1.06. The summed E-state index contributed by atoms with van der Waals surface area (Å²) in [6.45, 7) is 0. The van der Waals surface area contributed by atoms with Gasteiger partial charge in [-0.3, -0.25) is 4.98 Å². The van der Waals surface area contributed by atoms with E-state index in [1.165, 1.54) is 58.6 Å². The molecular weight excluding hydrogens is 418 g/mol. The van der Waals surface area contributed by atoms with Crippen molar-refractivity contribution >= 4 is 53.2 Å². The van der Waals surface area contributed by atoms with Gasteiger partial charge in [-0.2, -0.15) is 0 Å². The summed E-state index contributed by atoms with van der Waals surface area (Å²) in [7, 11) is 0. The van der Waals surface area contributed by atoms with Crippen LogP contribution in [0.2, 0.25) is 0 Å². The van der Waals surface area contributed by atoms with Crippen molar-refractivity contribution in [2.24, 2.45) is 0 Å². The zero-order chi connectivity index (χ0) is 21.8. The monoisotopic (exact) mass is 437 g/mol. The van der Waals surface area contributed by atoms with E-state index in [4.69, 9.17) is 0 Å². The smallest absolute Gasteiger partial charge is 0.0780 e. The molecule has 0 atom stereocenters. The van der Waals surface area contributed by atoms with Crippen LogP contribution in [0.15, 0.2) is 115 Å². The van der Waals surface area contributed by atoms with Gasteiger partial charge in [-0.1, -0.05) is 91.0 Å². The number of hydrogen-bond acceptors (Lipinski definition) is 2. The molecule has 0 unspecified atom stereocenters. The van der Waals surface area contributed by atoms with Crippen LogP contribution in [0.5, 0.6) is 0 Å². The molecule has 0 saturated carbocycles. The van der Waals surface area contributed by atoms with Crippen molar-refractivity contribution in [3.05, 3.63) is 115 Å². The van der Waals surface area contributed by atoms with E-state index in [0.717, 1.165) is 5.52 Å². The van der Waals surface area contributed by atoms with Crippen molar-refractivity contribution in [2.75, 3.05) is 0 Å². The summed E-state index contributed by atoms with van der Waals surface area (Å²) in [6.07, 6.45) is 1.88. The SMILES string of the molecule is c1cc(-c2cccc3c2ccc2cccnc23)cc(-c2cccc3c2sc2ccccc23)c1. The van der Waals surface area contributed by atoms with Crippen LogP contribution in [0.3, 0.4) is 0 Å². The first-order valence-corrected chi connectivity index (χ1v) is 12.0. The van der Waals surface area contributed by atoms with Crippen LogP contribution in [0.4, 0.5) is 0 Å². The molecule has 0 bridgehead atoms. The van der Waals surface area contributed by atoms with E-state index in [2.05, 4.69) is 108 Å². The minimum Gasteiger partial charge on any atom is -0.256 e. The van der Waals surface area contributed by atoms with E-state index in [9.17, 15) is 0 Å². The van der Waals surface area contributed by atoms with E-state index in [1.54, 1.807) is 0 Å². The zero-order valence-corrected chi connectivity index (χ0v) is 18.6. The molecule has 7 aromatic rings. The van der Waals surface area contributed by atoms with Crippen LogP contribution in [0.1, 0.15) is 0 Å². The highest BCUT2D eigenvalue weighted by molar-refractivity contribution is 7.26. The van der Waals surface area contributed by atoms with Crippen molar-refractivity contribution in [2.45, 2.75) is 0 Å². The average molecular weight is 438 g/mol. The summed E-state index contributed by atoms with van der Waals surface area (Å²) < 4.78 is 2.69. The van der Waals surface area contributed by atoms with E-state index in [1.807, 2.05) is 23.6 Å². The van der Waals surface area contributed by atoms with Gasteiger partial charge in [0, 0.05) is 37.1 Å². The van der Waals surface area contributed by atoms with Crippen LogP contribution in [0, 0.1) is 0 Å². The Morgan fingerprint density at radius 1 is 0.515 bits per heavy atom. The van der Waals surface area contributed by atoms with E-state index in [0.29, 0.717) is 0 Å². The molecule has 0 fully saturated rings. The van der Waals surface area contributed by atoms with Crippen LogP contribution in [-0.4, -0.2) is 4.98 Å². The lowest BCUT2D eigenvalue weighted by molar-refractivity contribution is 1.43. The summed E-state index contributed by atoms with van der Waals surface area (Å²) in [6, 6.07) is 39.4. The Morgan fingerprint density at radius 3 is 2.21 bits per heavy atom. The minimum atomic E-state index is 1.06. The van der Waals surface area contributed by atoms with E-state index >= 15 is 0 Å². The van der Waals surface area contributed by atoms with E-state index in [-0.39, 0.29) is 0 Å². The molecule has 0 spiro atoms. The number of thiophene rings is 1. The first-order valence-electron chi connectivity index (χ1n) is 11.1. The fraction of sp³-hybridized carbons (Fsp3) is 0. The summed E-state index contributed by atoms with van der Waals surface area (Å²) in [5, 5.41) is 6.28. The second-order valence-electron chi connectivity index (χ2n) is 8.40. The third-order valence-corrected chi connectivity index (χ3v) is 7.74. The molecular formula is C31H19NS. The molecule has 154 valence electrons. The molecule has 0 radical (unpaired) electrons. The molecule has 0 saturated heterocycles. The Hall–Kier alpha value is -4.01. The molecule has 5 aromatic carbocycles. The lowest BCUT2D eigenvalue weighted by Crippen LogP contribution is -1.86. The Kier molecular flexibility index (Phi) is 4.08. The standard InChI is InChI=1S/C31H19NS/c1-2-15-29-26(10-1)28-14-5-12-24(31(28)33-29)22-8-3-7-21(19-22)23-11-4-13-27-25(23)17-16-20-9-6-18-32-30(20)27/h1-19H. The highest BCUT2D eigenvalue weighted by atomic mass is 32.1. The van der Waals surface area contributed by atoms with Crippen LogP contribution in [0.25, 0.3) is 64.1 Å². The Labute approximate surface area is 195 Å². The number of hydrogen-bond donors (Lipinski definition) is 0. The van der Waals surface area contributed by atoms with Crippen LogP contribution >= 0.6 is 11.3 Å². The third-order valence-electron chi connectivity index (χ3n) is 6.52. The summed E-state index contributed by atoms with van der Waals surface area (Å²) in [5.41, 5.74) is 6.07. The molecule has 33 heavy (non-hydrogen) atoms. The zero-order valence-electron chi connectivity index (χ0n) is 17.8. The summed E-state index contributed by atoms with van der Waals surface area (Å²) in [5.74, 6) is 0. The van der Waals surface area contributed by atoms with E-state index < -0.39 is 0 Å². The number of benzene rings is 5. The lowest BCUT2D eigenvalue weighted by atomic mass is 9.94. The average Bonchev–Trinajstić information content (AvgIpc) is 3.27. The molecule has 2 aromatic heterocycles. The van der Waals surface area contributed by atoms with Gasteiger partial charge in [0.1, 0.15) is 0 Å². The maximum Gasteiger partial charge on any atom is 0.0780 e. The van der Waals surface area contributed by atoms with Crippen LogP contribution < -0.4 is 0 Å². The van der Waals surface area contributed by atoms with Gasteiger partial charge in [-0.25, -0.2) is 0 Å². The second-order valence-corrected chi connectivity index (χ2v) is 9.45. The van der Waals surface area contributed by atoms with Gasteiger partial charge in [-0.05, 0) is 45.8 Å². The lowest BCUT2D eigenvalue weighted by Gasteiger charge is -2.11. The molecule has 2 heterocycles. The normalized spacial score (nSPS) is 11.6. The highest BCUT2D eigenvalue weighted by Gasteiger charge is 2.12. The molecule has 0 aliphatic carbocycles. The maximum absolute atomic E-state index is 4.67. The predicted molar refractivity (Wildman–Crippen MR) is 143 cm³/mol. The summed E-state index contributed by atoms with van der Waals surface area (Å²) in [4.78, 5) is 4.67. The molecule has 0 aliphatic heterocycles. The van der Waals surface area contributed by atoms with Gasteiger partial charge in [-0.15, -0.1) is 11.3 Å². The second kappa shape index (κ2) is 7.26. The first kappa shape index (κ1) is 18.6. The number of rotatable bonds is 2. The van der Waals surface area contributed by atoms with Gasteiger partial charge in [0.15, 0.2) is 0 Å². The number of nitrogens with zero attached hydrogens (tertiary/aromatic N) is 1. The van der Waals surface area contributed by atoms with Gasteiger partial charge in [0.05, 0.1) is 5.52 Å². The van der Waals surface area contributed by atoms with Gasteiger partial charge >= 0.3 is 0 Å². The van der Waals surface area contributed by atoms with Crippen molar-refractivity contribution in [1.29, 1.82) is 0 Å². The first-order chi connectivity index (χ1) is 16.4. The molecule has 1 nitrogen and oxygen atoms in total.